The number of rotatable bonds is 4. The molecule has 2 unspecified atom stereocenters. The summed E-state index contributed by atoms with van der Waals surface area (Å²) in [5, 5.41) is 12.1. The van der Waals surface area contributed by atoms with E-state index >= 15 is 0 Å². The fourth-order valence-corrected chi connectivity index (χ4v) is 3.30. The number of imidazole rings is 1. The molecule has 0 saturated carbocycles. The molecule has 0 aliphatic carbocycles. The standard InChI is InChI=1S/C17H21ClN2O2/c1-16(2)17(21,11-20-8-7-19-12-20)14(10-22-16)9-13-3-5-15(18)6-4-13/h3-8,12,14,21H,9-11H2,1-2H3. The van der Waals surface area contributed by atoms with Crippen molar-refractivity contribution >= 4 is 11.6 Å². The van der Waals surface area contributed by atoms with Gasteiger partial charge in [-0.15, -0.1) is 0 Å². The molecule has 0 amide bonds. The van der Waals surface area contributed by atoms with E-state index in [9.17, 15) is 5.11 Å². The summed E-state index contributed by atoms with van der Waals surface area (Å²) < 4.78 is 7.81. The van der Waals surface area contributed by atoms with Gasteiger partial charge in [0, 0.05) is 23.3 Å². The molecule has 1 saturated heterocycles. The molecule has 22 heavy (non-hydrogen) atoms. The SMILES string of the molecule is CC1(C)OCC(Cc2ccc(Cl)cc2)C1(O)Cn1ccnc1. The van der Waals surface area contributed by atoms with Gasteiger partial charge in [0.2, 0.25) is 0 Å². The van der Waals surface area contributed by atoms with E-state index < -0.39 is 11.2 Å². The van der Waals surface area contributed by atoms with Crippen LogP contribution in [-0.2, 0) is 17.7 Å². The minimum atomic E-state index is -0.951. The van der Waals surface area contributed by atoms with Crippen LogP contribution in [0.4, 0.5) is 0 Å². The van der Waals surface area contributed by atoms with Gasteiger partial charge in [-0.05, 0) is 38.0 Å². The molecule has 1 aliphatic heterocycles. The summed E-state index contributed by atoms with van der Waals surface area (Å²) in [5.41, 5.74) is -0.401. The Hall–Kier alpha value is -1.36. The first-order valence-corrected chi connectivity index (χ1v) is 7.85. The minimum Gasteiger partial charge on any atom is -0.385 e. The van der Waals surface area contributed by atoms with Crippen molar-refractivity contribution in [2.24, 2.45) is 5.92 Å². The van der Waals surface area contributed by atoms with Gasteiger partial charge in [0.15, 0.2) is 0 Å². The van der Waals surface area contributed by atoms with Crippen LogP contribution in [0.1, 0.15) is 19.4 Å². The Labute approximate surface area is 135 Å². The summed E-state index contributed by atoms with van der Waals surface area (Å²) in [6, 6.07) is 7.77. The van der Waals surface area contributed by atoms with E-state index in [1.807, 2.05) is 48.9 Å². The van der Waals surface area contributed by atoms with E-state index in [4.69, 9.17) is 16.3 Å². The van der Waals surface area contributed by atoms with Gasteiger partial charge in [0.25, 0.3) is 0 Å². The van der Waals surface area contributed by atoms with Crippen LogP contribution in [0.3, 0.4) is 0 Å². The third-order valence-corrected chi connectivity index (χ3v) is 4.99. The quantitative estimate of drug-likeness (QED) is 0.942. The van der Waals surface area contributed by atoms with Gasteiger partial charge in [-0.25, -0.2) is 4.98 Å². The molecule has 118 valence electrons. The second-order valence-corrected chi connectivity index (χ2v) is 6.94. The Morgan fingerprint density at radius 2 is 2.09 bits per heavy atom. The second kappa shape index (κ2) is 5.69. The van der Waals surface area contributed by atoms with Crippen LogP contribution >= 0.6 is 11.6 Å². The second-order valence-electron chi connectivity index (χ2n) is 6.51. The van der Waals surface area contributed by atoms with Gasteiger partial charge in [0.1, 0.15) is 5.60 Å². The number of nitrogens with zero attached hydrogens (tertiary/aromatic N) is 2. The van der Waals surface area contributed by atoms with Crippen molar-refractivity contribution in [2.45, 2.75) is 38.0 Å². The number of aliphatic hydroxyl groups is 1. The minimum absolute atomic E-state index is 0.0195. The summed E-state index contributed by atoms with van der Waals surface area (Å²) in [4.78, 5) is 4.06. The number of hydrogen-bond donors (Lipinski definition) is 1. The van der Waals surface area contributed by atoms with Crippen LogP contribution in [0.25, 0.3) is 0 Å². The lowest BCUT2D eigenvalue weighted by Crippen LogP contribution is -2.53. The Bertz CT molecular complexity index is 625. The van der Waals surface area contributed by atoms with E-state index in [1.54, 1.807) is 12.5 Å². The predicted molar refractivity (Wildman–Crippen MR) is 85.9 cm³/mol. The zero-order chi connectivity index (χ0) is 15.8. The Balaban J connectivity index is 1.84. The van der Waals surface area contributed by atoms with Crippen molar-refractivity contribution < 1.29 is 9.84 Å². The van der Waals surface area contributed by atoms with Crippen LogP contribution in [-0.4, -0.2) is 32.5 Å². The molecule has 1 aliphatic rings. The fraction of sp³-hybridized carbons (Fsp3) is 0.471. The molecular formula is C17H21ClN2O2. The zero-order valence-electron chi connectivity index (χ0n) is 12.9. The highest BCUT2D eigenvalue weighted by Crippen LogP contribution is 2.42. The summed E-state index contributed by atoms with van der Waals surface area (Å²) in [7, 11) is 0. The van der Waals surface area contributed by atoms with Gasteiger partial charge >= 0.3 is 0 Å². The van der Waals surface area contributed by atoms with Crippen molar-refractivity contribution in [3.05, 3.63) is 53.6 Å². The molecule has 2 atom stereocenters. The van der Waals surface area contributed by atoms with Crippen molar-refractivity contribution in [3.63, 3.8) is 0 Å². The largest absolute Gasteiger partial charge is 0.385 e. The fourth-order valence-electron chi connectivity index (χ4n) is 3.17. The van der Waals surface area contributed by atoms with Crippen molar-refractivity contribution in [3.8, 4) is 0 Å². The summed E-state index contributed by atoms with van der Waals surface area (Å²) in [6.07, 6.45) is 6.07. The van der Waals surface area contributed by atoms with Crippen LogP contribution in [0.2, 0.25) is 5.02 Å². The van der Waals surface area contributed by atoms with Crippen molar-refractivity contribution in [1.29, 1.82) is 0 Å². The van der Waals surface area contributed by atoms with E-state index in [-0.39, 0.29) is 5.92 Å². The molecule has 0 bridgehead atoms. The number of hydrogen-bond acceptors (Lipinski definition) is 3. The van der Waals surface area contributed by atoms with Crippen LogP contribution in [0.5, 0.6) is 0 Å². The number of halogens is 1. The third-order valence-electron chi connectivity index (χ3n) is 4.74. The normalized spacial score (nSPS) is 27.2. The van der Waals surface area contributed by atoms with Crippen molar-refractivity contribution in [1.82, 2.24) is 9.55 Å². The zero-order valence-corrected chi connectivity index (χ0v) is 13.6. The van der Waals surface area contributed by atoms with Crippen LogP contribution < -0.4 is 0 Å². The molecular weight excluding hydrogens is 300 g/mol. The highest BCUT2D eigenvalue weighted by atomic mass is 35.5. The smallest absolute Gasteiger partial charge is 0.116 e. The maximum Gasteiger partial charge on any atom is 0.116 e. The molecule has 3 rings (SSSR count). The summed E-state index contributed by atoms with van der Waals surface area (Å²) in [5.74, 6) is 0.0195. The van der Waals surface area contributed by atoms with E-state index in [2.05, 4.69) is 4.98 Å². The van der Waals surface area contributed by atoms with Gasteiger partial charge in [-0.3, -0.25) is 0 Å². The number of benzene rings is 1. The van der Waals surface area contributed by atoms with Crippen LogP contribution in [0, 0.1) is 5.92 Å². The summed E-state index contributed by atoms with van der Waals surface area (Å²) >= 11 is 5.94. The molecule has 2 heterocycles. The lowest BCUT2D eigenvalue weighted by molar-refractivity contribution is -0.117. The van der Waals surface area contributed by atoms with Gasteiger partial charge in [-0.2, -0.15) is 0 Å². The maximum atomic E-state index is 11.4. The molecule has 5 heteroatoms. The lowest BCUT2D eigenvalue weighted by atomic mass is 9.75. The van der Waals surface area contributed by atoms with Crippen LogP contribution in [0.15, 0.2) is 43.0 Å². The molecule has 0 radical (unpaired) electrons. The average molecular weight is 321 g/mol. The molecule has 4 nitrogen and oxygen atoms in total. The number of ether oxygens (including phenoxy) is 1. The Morgan fingerprint density at radius 1 is 1.36 bits per heavy atom. The number of aromatic nitrogens is 2. The average Bonchev–Trinajstić information content (AvgIpc) is 3.04. The topological polar surface area (TPSA) is 47.3 Å². The highest BCUT2D eigenvalue weighted by Gasteiger charge is 2.55. The first kappa shape index (κ1) is 15.5. The molecule has 1 fully saturated rings. The Morgan fingerprint density at radius 3 is 2.73 bits per heavy atom. The monoisotopic (exact) mass is 320 g/mol. The predicted octanol–water partition coefficient (Wildman–Crippen LogP) is 2.94. The third kappa shape index (κ3) is 2.78. The van der Waals surface area contributed by atoms with Gasteiger partial charge in [-0.1, -0.05) is 23.7 Å². The highest BCUT2D eigenvalue weighted by molar-refractivity contribution is 6.30. The van der Waals surface area contributed by atoms with E-state index in [0.717, 1.165) is 17.0 Å². The molecule has 1 aromatic heterocycles. The van der Waals surface area contributed by atoms with Crippen molar-refractivity contribution in [2.75, 3.05) is 6.61 Å². The molecule has 0 spiro atoms. The first-order valence-electron chi connectivity index (χ1n) is 7.47. The van der Waals surface area contributed by atoms with E-state index in [1.165, 1.54) is 0 Å². The maximum absolute atomic E-state index is 11.4. The van der Waals surface area contributed by atoms with Gasteiger partial charge < -0.3 is 14.4 Å². The Kier molecular flexibility index (Phi) is 4.02. The molecule has 1 N–H and O–H groups in total. The summed E-state index contributed by atoms with van der Waals surface area (Å²) in [6.45, 7) is 4.91. The first-order chi connectivity index (χ1) is 10.4. The molecule has 2 aromatic rings. The van der Waals surface area contributed by atoms with Gasteiger partial charge in [0.05, 0.1) is 25.1 Å². The lowest BCUT2D eigenvalue weighted by Gasteiger charge is -2.39. The van der Waals surface area contributed by atoms with E-state index in [0.29, 0.717) is 13.2 Å². The molecule has 1 aromatic carbocycles.